The van der Waals surface area contributed by atoms with Crippen LogP contribution in [0, 0.1) is 11.8 Å². The molecule has 2 atom stereocenters. The van der Waals surface area contributed by atoms with E-state index in [0.29, 0.717) is 12.8 Å². The van der Waals surface area contributed by atoms with Crippen LogP contribution >= 0.6 is 0 Å². The first-order valence-electron chi connectivity index (χ1n) is 4.99. The average Bonchev–Trinajstić information content (AvgIpc) is 2.28. The first-order chi connectivity index (χ1) is 7.20. The molecule has 1 aliphatic carbocycles. The number of nitrogens with zero attached hydrogens (tertiary/aromatic N) is 2. The summed E-state index contributed by atoms with van der Waals surface area (Å²) in [6.07, 6.45) is 4.04. The highest BCUT2D eigenvalue weighted by Crippen LogP contribution is 2.31. The van der Waals surface area contributed by atoms with Gasteiger partial charge in [0, 0.05) is 5.92 Å². The van der Waals surface area contributed by atoms with Crippen LogP contribution in [-0.2, 0) is 14.3 Å². The molecule has 5 heteroatoms. The minimum absolute atomic E-state index is 0.299. The molecule has 0 radical (unpaired) electrons. The lowest BCUT2D eigenvalue weighted by atomic mass is 9.77. The Labute approximate surface area is 88.0 Å². The minimum Gasteiger partial charge on any atom is -0.469 e. The highest BCUT2D eigenvalue weighted by Gasteiger charge is 2.36. The van der Waals surface area contributed by atoms with Gasteiger partial charge in [-0.25, -0.2) is 0 Å². The molecule has 5 nitrogen and oxygen atoms in total. The van der Waals surface area contributed by atoms with E-state index in [-0.39, 0.29) is 23.6 Å². The van der Waals surface area contributed by atoms with Gasteiger partial charge < -0.3 is 10.3 Å². The third kappa shape index (κ3) is 2.73. The minimum atomic E-state index is -0.387. The van der Waals surface area contributed by atoms with Crippen LogP contribution in [0.15, 0.2) is 0 Å². The molecule has 0 bridgehead atoms. The molecule has 1 rings (SSSR count). The summed E-state index contributed by atoms with van der Waals surface area (Å²) in [6, 6.07) is 0. The largest absolute Gasteiger partial charge is 0.469 e. The van der Waals surface area contributed by atoms with Crippen molar-refractivity contribution in [1.29, 1.82) is 0 Å². The number of hydrogen-bond acceptors (Lipinski definition) is 3. The molecular weight excluding hydrogens is 196 g/mol. The predicted octanol–water partition coefficient (Wildman–Crippen LogP) is 0.835. The Morgan fingerprint density at radius 2 is 1.93 bits per heavy atom. The molecule has 1 saturated carbocycles. The van der Waals surface area contributed by atoms with Crippen LogP contribution in [0.2, 0.25) is 0 Å². The molecule has 0 N–H and O–H groups in total. The van der Waals surface area contributed by atoms with Gasteiger partial charge in [-0.3, -0.25) is 9.59 Å². The Bertz CT molecular complexity index is 308. The number of ketones is 1. The van der Waals surface area contributed by atoms with E-state index >= 15 is 0 Å². The highest BCUT2D eigenvalue weighted by molar-refractivity contribution is 6.26. The van der Waals surface area contributed by atoms with Crippen LogP contribution in [0.25, 0.3) is 5.53 Å². The lowest BCUT2D eigenvalue weighted by molar-refractivity contribution is -0.150. The van der Waals surface area contributed by atoms with E-state index in [9.17, 15) is 9.59 Å². The molecule has 0 aromatic carbocycles. The maximum Gasteiger partial charge on any atom is 0.323 e. The Morgan fingerprint density at radius 3 is 2.47 bits per heavy atom. The smallest absolute Gasteiger partial charge is 0.323 e. The predicted molar refractivity (Wildman–Crippen MR) is 52.2 cm³/mol. The molecule has 82 valence electrons. The Kier molecular flexibility index (Phi) is 4.18. The fourth-order valence-electron chi connectivity index (χ4n) is 2.06. The van der Waals surface area contributed by atoms with Gasteiger partial charge in [-0.1, -0.05) is 12.8 Å². The van der Waals surface area contributed by atoms with E-state index in [0.717, 1.165) is 19.1 Å². The van der Waals surface area contributed by atoms with E-state index in [1.807, 2.05) is 0 Å². The number of carbonyl (C=O) groups excluding carboxylic acids is 2. The molecule has 1 fully saturated rings. The molecule has 0 spiro atoms. The number of esters is 1. The highest BCUT2D eigenvalue weighted by atomic mass is 16.5. The second-order valence-corrected chi connectivity index (χ2v) is 3.67. The summed E-state index contributed by atoms with van der Waals surface area (Å²) in [6.45, 7) is 0. The molecule has 0 amide bonds. The van der Waals surface area contributed by atoms with Gasteiger partial charge in [0.1, 0.15) is 0 Å². The van der Waals surface area contributed by atoms with Gasteiger partial charge >= 0.3 is 12.2 Å². The lowest BCUT2D eigenvalue weighted by Crippen LogP contribution is -2.34. The maximum absolute atomic E-state index is 11.5. The van der Waals surface area contributed by atoms with Crippen molar-refractivity contribution < 1.29 is 19.1 Å². The number of methoxy groups -OCH3 is 1. The van der Waals surface area contributed by atoms with Crippen molar-refractivity contribution in [2.45, 2.75) is 25.7 Å². The van der Waals surface area contributed by atoms with Crippen molar-refractivity contribution in [2.24, 2.45) is 11.8 Å². The van der Waals surface area contributed by atoms with Crippen molar-refractivity contribution in [2.75, 3.05) is 7.11 Å². The summed E-state index contributed by atoms with van der Waals surface area (Å²) in [4.78, 5) is 25.6. The fraction of sp³-hybridized carbons (Fsp3) is 0.700. The molecule has 0 heterocycles. The van der Waals surface area contributed by atoms with Crippen molar-refractivity contribution >= 4 is 18.0 Å². The number of ether oxygens (including phenoxy) is 1. The van der Waals surface area contributed by atoms with Gasteiger partial charge in [0.05, 0.1) is 13.0 Å². The zero-order valence-corrected chi connectivity index (χ0v) is 8.68. The summed E-state index contributed by atoms with van der Waals surface area (Å²) in [5.74, 6) is -1.41. The number of hydrogen-bond donors (Lipinski definition) is 0. The zero-order chi connectivity index (χ0) is 11.3. The normalized spacial score (nSPS) is 25.1. The van der Waals surface area contributed by atoms with E-state index < -0.39 is 0 Å². The molecule has 2 unspecified atom stereocenters. The second-order valence-electron chi connectivity index (χ2n) is 3.67. The van der Waals surface area contributed by atoms with Crippen LogP contribution in [0.1, 0.15) is 25.7 Å². The van der Waals surface area contributed by atoms with Gasteiger partial charge in [-0.2, -0.15) is 4.79 Å². The van der Waals surface area contributed by atoms with E-state index in [4.69, 9.17) is 5.53 Å². The van der Waals surface area contributed by atoms with Gasteiger partial charge in [-0.15, -0.1) is 0 Å². The van der Waals surface area contributed by atoms with Crippen molar-refractivity contribution in [3.8, 4) is 0 Å². The number of Topliss-reactive ketones (excluding diaryl/α,β-unsaturated/α-hetero) is 1. The van der Waals surface area contributed by atoms with E-state index in [1.165, 1.54) is 7.11 Å². The monoisotopic (exact) mass is 210 g/mol. The zero-order valence-electron chi connectivity index (χ0n) is 8.68. The van der Waals surface area contributed by atoms with Gasteiger partial charge in [-0.05, 0) is 12.8 Å². The summed E-state index contributed by atoms with van der Waals surface area (Å²) < 4.78 is 4.65. The SMILES string of the molecule is COC(=O)C1CCCCC1C(=O)C=[N+]=[N-]. The summed E-state index contributed by atoms with van der Waals surface area (Å²) >= 11 is 0. The Balaban J connectivity index is 2.77. The van der Waals surface area contributed by atoms with E-state index in [2.05, 4.69) is 9.53 Å². The molecule has 0 aliphatic heterocycles. The van der Waals surface area contributed by atoms with Crippen molar-refractivity contribution in [1.82, 2.24) is 0 Å². The van der Waals surface area contributed by atoms with Crippen LogP contribution in [0.5, 0.6) is 0 Å². The Hall–Kier alpha value is -1.48. The summed E-state index contributed by atoms with van der Waals surface area (Å²) in [5.41, 5.74) is 8.28. The van der Waals surface area contributed by atoms with Gasteiger partial charge in [0.15, 0.2) is 0 Å². The van der Waals surface area contributed by atoms with Gasteiger partial charge in [0.25, 0.3) is 0 Å². The average molecular weight is 210 g/mol. The molecule has 0 aromatic rings. The summed E-state index contributed by atoms with van der Waals surface area (Å²) in [7, 11) is 1.32. The van der Waals surface area contributed by atoms with E-state index in [1.54, 1.807) is 0 Å². The quantitative estimate of drug-likeness (QED) is 0.299. The topological polar surface area (TPSA) is 79.8 Å². The first-order valence-corrected chi connectivity index (χ1v) is 4.99. The third-order valence-electron chi connectivity index (χ3n) is 2.82. The van der Waals surface area contributed by atoms with Crippen LogP contribution < -0.4 is 0 Å². The molecule has 15 heavy (non-hydrogen) atoms. The standard InChI is InChI=1S/C10H14N2O3/c1-15-10(14)8-5-3-2-4-7(8)9(13)6-12-11/h6-8H,2-5H2,1H3. The Morgan fingerprint density at radius 1 is 1.33 bits per heavy atom. The second kappa shape index (κ2) is 5.41. The third-order valence-corrected chi connectivity index (χ3v) is 2.82. The van der Waals surface area contributed by atoms with Crippen LogP contribution in [-0.4, -0.2) is 29.9 Å². The fourth-order valence-corrected chi connectivity index (χ4v) is 2.06. The maximum atomic E-state index is 11.5. The summed E-state index contributed by atoms with van der Waals surface area (Å²) in [5, 5.41) is 0. The number of carbonyl (C=O) groups is 2. The number of rotatable bonds is 3. The van der Waals surface area contributed by atoms with Gasteiger partial charge in [0.2, 0.25) is 5.78 Å². The lowest BCUT2D eigenvalue weighted by Gasteiger charge is -2.26. The van der Waals surface area contributed by atoms with Crippen LogP contribution in [0.4, 0.5) is 0 Å². The molecular formula is C10H14N2O3. The molecule has 0 saturated heterocycles. The molecule has 0 aromatic heterocycles. The van der Waals surface area contributed by atoms with Crippen molar-refractivity contribution in [3.63, 3.8) is 0 Å². The van der Waals surface area contributed by atoms with Crippen LogP contribution in [0.3, 0.4) is 0 Å². The molecule has 1 aliphatic rings. The van der Waals surface area contributed by atoms with Crippen molar-refractivity contribution in [3.05, 3.63) is 5.53 Å². The first kappa shape index (κ1) is 11.6.